The van der Waals surface area contributed by atoms with Crippen molar-refractivity contribution in [2.45, 2.75) is 63.8 Å². The van der Waals surface area contributed by atoms with Gasteiger partial charge in [-0.25, -0.2) is 4.79 Å². The molecule has 0 spiro atoms. The standard InChI is InChI=1S/C25H34N2O5/c1-17(2)27-23-7-5-4-6-18(23)14-22(24(27)28)25(29)32-21-15-19-8-9-20(16-21)26(19)10-11-31-13-12-30-3/h4-7,14,17,19-21H,8-13,15-16H2,1-3H3. The van der Waals surface area contributed by atoms with Crippen LogP contribution in [0.15, 0.2) is 35.1 Å². The number of hydrogen-bond donors (Lipinski definition) is 0. The van der Waals surface area contributed by atoms with E-state index in [0.29, 0.717) is 31.9 Å². The zero-order valence-corrected chi connectivity index (χ0v) is 19.3. The molecular formula is C25H34N2O5. The van der Waals surface area contributed by atoms with E-state index < -0.39 is 5.97 Å². The van der Waals surface area contributed by atoms with E-state index in [2.05, 4.69) is 4.90 Å². The smallest absolute Gasteiger partial charge is 0.344 e. The Balaban J connectivity index is 1.43. The van der Waals surface area contributed by atoms with Crippen LogP contribution in [0.4, 0.5) is 0 Å². The van der Waals surface area contributed by atoms with Crippen molar-refractivity contribution in [3.8, 4) is 0 Å². The molecule has 2 aliphatic heterocycles. The van der Waals surface area contributed by atoms with Gasteiger partial charge < -0.3 is 18.8 Å². The molecule has 1 aromatic heterocycles. The third kappa shape index (κ3) is 4.75. The number of rotatable bonds is 9. The lowest BCUT2D eigenvalue weighted by molar-refractivity contribution is -0.0156. The van der Waals surface area contributed by atoms with Crippen LogP contribution in [0.3, 0.4) is 0 Å². The highest BCUT2D eigenvalue weighted by Crippen LogP contribution is 2.36. The number of fused-ring (bicyclic) bond motifs is 3. The van der Waals surface area contributed by atoms with Gasteiger partial charge in [0.1, 0.15) is 11.7 Å². The number of hydrogen-bond acceptors (Lipinski definition) is 6. The molecule has 2 fully saturated rings. The van der Waals surface area contributed by atoms with E-state index in [1.807, 2.05) is 38.1 Å². The maximum absolute atomic E-state index is 13.1. The van der Waals surface area contributed by atoms with Crippen molar-refractivity contribution in [3.63, 3.8) is 0 Å². The molecule has 32 heavy (non-hydrogen) atoms. The molecule has 0 amide bonds. The zero-order valence-electron chi connectivity index (χ0n) is 19.3. The molecule has 174 valence electrons. The van der Waals surface area contributed by atoms with Gasteiger partial charge in [-0.05, 0) is 44.2 Å². The molecule has 2 atom stereocenters. The highest BCUT2D eigenvalue weighted by Gasteiger charge is 2.42. The Labute approximate surface area is 189 Å². The van der Waals surface area contributed by atoms with Gasteiger partial charge in [-0.3, -0.25) is 9.69 Å². The van der Waals surface area contributed by atoms with Gasteiger partial charge in [0.2, 0.25) is 0 Å². The summed E-state index contributed by atoms with van der Waals surface area (Å²) in [7, 11) is 1.67. The predicted molar refractivity (Wildman–Crippen MR) is 123 cm³/mol. The van der Waals surface area contributed by atoms with Crippen molar-refractivity contribution in [2.75, 3.05) is 33.5 Å². The summed E-state index contributed by atoms with van der Waals surface area (Å²) in [5.74, 6) is -0.504. The lowest BCUT2D eigenvalue weighted by Crippen LogP contribution is -2.47. The average molecular weight is 443 g/mol. The SMILES string of the molecule is COCCOCCN1C2CCC1CC(OC(=O)c1cc3ccccc3n(C(C)C)c1=O)C2. The molecule has 4 rings (SSSR count). The Bertz CT molecular complexity index is 987. The number of aromatic nitrogens is 1. The molecule has 0 saturated carbocycles. The fourth-order valence-electron chi connectivity index (χ4n) is 5.26. The van der Waals surface area contributed by atoms with E-state index in [1.165, 1.54) is 0 Å². The molecule has 0 radical (unpaired) electrons. The number of carbonyl (C=O) groups excluding carboxylic acids is 1. The number of piperidine rings is 1. The summed E-state index contributed by atoms with van der Waals surface area (Å²) in [5.41, 5.74) is 0.680. The number of nitrogens with zero attached hydrogens (tertiary/aromatic N) is 2. The summed E-state index contributed by atoms with van der Waals surface area (Å²) in [6, 6.07) is 10.1. The molecule has 2 unspecified atom stereocenters. The first kappa shape index (κ1) is 23.0. The largest absolute Gasteiger partial charge is 0.459 e. The first-order valence-corrected chi connectivity index (χ1v) is 11.7. The van der Waals surface area contributed by atoms with Gasteiger partial charge in [-0.15, -0.1) is 0 Å². The van der Waals surface area contributed by atoms with Crippen LogP contribution in [-0.4, -0.2) is 67.1 Å². The molecule has 3 heterocycles. The van der Waals surface area contributed by atoms with Gasteiger partial charge in [0.15, 0.2) is 0 Å². The van der Waals surface area contributed by atoms with Crippen LogP contribution < -0.4 is 5.56 Å². The second-order valence-electron chi connectivity index (χ2n) is 9.11. The lowest BCUT2D eigenvalue weighted by atomic mass is 9.99. The number of esters is 1. The minimum absolute atomic E-state index is 0.0506. The highest BCUT2D eigenvalue weighted by molar-refractivity contribution is 5.94. The van der Waals surface area contributed by atoms with Crippen molar-refractivity contribution in [1.29, 1.82) is 0 Å². The van der Waals surface area contributed by atoms with Crippen LogP contribution in [0.2, 0.25) is 0 Å². The van der Waals surface area contributed by atoms with E-state index in [-0.39, 0.29) is 23.3 Å². The lowest BCUT2D eigenvalue weighted by Gasteiger charge is -2.38. The molecule has 7 heteroatoms. The molecule has 1 aromatic carbocycles. The summed E-state index contributed by atoms with van der Waals surface area (Å²) in [6.45, 7) is 6.71. The third-order valence-electron chi connectivity index (χ3n) is 6.72. The van der Waals surface area contributed by atoms with Crippen molar-refractivity contribution < 1.29 is 19.0 Å². The third-order valence-corrected chi connectivity index (χ3v) is 6.72. The summed E-state index contributed by atoms with van der Waals surface area (Å²) < 4.78 is 18.2. The molecule has 2 aromatic rings. The summed E-state index contributed by atoms with van der Waals surface area (Å²) in [4.78, 5) is 28.7. The predicted octanol–water partition coefficient (Wildman–Crippen LogP) is 3.40. The number of methoxy groups -OCH3 is 1. The van der Waals surface area contributed by atoms with Crippen LogP contribution in [0.25, 0.3) is 10.9 Å². The quantitative estimate of drug-likeness (QED) is 0.438. The Morgan fingerprint density at radius 3 is 2.50 bits per heavy atom. The topological polar surface area (TPSA) is 70.0 Å². The molecule has 2 aliphatic rings. The normalized spacial score (nSPS) is 23.2. The zero-order chi connectivity index (χ0) is 22.7. The second-order valence-corrected chi connectivity index (χ2v) is 9.11. The number of pyridine rings is 1. The molecular weight excluding hydrogens is 408 g/mol. The maximum atomic E-state index is 13.1. The van der Waals surface area contributed by atoms with Gasteiger partial charge in [-0.1, -0.05) is 18.2 Å². The number of ether oxygens (including phenoxy) is 3. The molecule has 7 nitrogen and oxygen atoms in total. The van der Waals surface area contributed by atoms with E-state index in [9.17, 15) is 9.59 Å². The Kier molecular flexibility index (Phi) is 7.28. The second kappa shape index (κ2) is 10.1. The monoisotopic (exact) mass is 442 g/mol. The maximum Gasteiger partial charge on any atom is 0.344 e. The first-order chi connectivity index (χ1) is 15.5. The van der Waals surface area contributed by atoms with E-state index in [4.69, 9.17) is 14.2 Å². The van der Waals surface area contributed by atoms with Crippen molar-refractivity contribution >= 4 is 16.9 Å². The summed E-state index contributed by atoms with van der Waals surface area (Å²) in [6.07, 6.45) is 3.71. The van der Waals surface area contributed by atoms with Crippen LogP contribution in [0, 0.1) is 0 Å². The van der Waals surface area contributed by atoms with Gasteiger partial charge >= 0.3 is 5.97 Å². The highest BCUT2D eigenvalue weighted by atomic mass is 16.5. The number of carbonyl (C=O) groups is 1. The van der Waals surface area contributed by atoms with Crippen molar-refractivity contribution in [3.05, 3.63) is 46.2 Å². The fraction of sp³-hybridized carbons (Fsp3) is 0.600. The Morgan fingerprint density at radius 1 is 1.09 bits per heavy atom. The molecule has 0 N–H and O–H groups in total. The van der Waals surface area contributed by atoms with Crippen LogP contribution >= 0.6 is 0 Å². The van der Waals surface area contributed by atoms with Crippen molar-refractivity contribution in [2.24, 2.45) is 0 Å². The Hall–Kier alpha value is -2.22. The Morgan fingerprint density at radius 2 is 1.81 bits per heavy atom. The fourth-order valence-corrected chi connectivity index (χ4v) is 5.26. The van der Waals surface area contributed by atoms with Crippen LogP contribution in [0.5, 0.6) is 0 Å². The average Bonchev–Trinajstić information content (AvgIpc) is 3.00. The number of benzene rings is 1. The van der Waals surface area contributed by atoms with Gasteiger partial charge in [0, 0.05) is 44.6 Å². The van der Waals surface area contributed by atoms with E-state index >= 15 is 0 Å². The van der Waals surface area contributed by atoms with Crippen LogP contribution in [-0.2, 0) is 14.2 Å². The van der Waals surface area contributed by atoms with E-state index in [0.717, 1.165) is 43.1 Å². The molecule has 0 aliphatic carbocycles. The minimum Gasteiger partial charge on any atom is -0.459 e. The van der Waals surface area contributed by atoms with Gasteiger partial charge in [-0.2, -0.15) is 0 Å². The molecule has 2 saturated heterocycles. The summed E-state index contributed by atoms with van der Waals surface area (Å²) >= 11 is 0. The molecule has 2 bridgehead atoms. The number of para-hydroxylation sites is 1. The minimum atomic E-state index is -0.504. The van der Waals surface area contributed by atoms with Gasteiger partial charge in [0.05, 0.1) is 25.3 Å². The van der Waals surface area contributed by atoms with Gasteiger partial charge in [0.25, 0.3) is 5.56 Å². The van der Waals surface area contributed by atoms with E-state index in [1.54, 1.807) is 17.7 Å². The summed E-state index contributed by atoms with van der Waals surface area (Å²) in [5, 5.41) is 0.871. The van der Waals surface area contributed by atoms with Crippen LogP contribution in [0.1, 0.15) is 55.9 Å². The van der Waals surface area contributed by atoms with Crippen molar-refractivity contribution in [1.82, 2.24) is 9.47 Å². The first-order valence-electron chi connectivity index (χ1n) is 11.7.